The molecular formula is C25H42O4. The van der Waals surface area contributed by atoms with E-state index >= 15 is 0 Å². The molecule has 0 bridgehead atoms. The van der Waals surface area contributed by atoms with Crippen LogP contribution in [0.4, 0.5) is 0 Å². The van der Waals surface area contributed by atoms with Crippen molar-refractivity contribution in [1.82, 2.24) is 0 Å². The lowest BCUT2D eigenvalue weighted by Gasteiger charge is -2.62. The van der Waals surface area contributed by atoms with Gasteiger partial charge in [0.25, 0.3) is 0 Å². The van der Waals surface area contributed by atoms with Crippen LogP contribution in [0.1, 0.15) is 85.0 Å². The van der Waals surface area contributed by atoms with Gasteiger partial charge in [0.05, 0.1) is 19.3 Å². The third kappa shape index (κ3) is 3.37. The lowest BCUT2D eigenvalue weighted by atomic mass is 9.43. The van der Waals surface area contributed by atoms with Crippen molar-refractivity contribution in [2.75, 3.05) is 7.11 Å². The van der Waals surface area contributed by atoms with E-state index in [0.717, 1.165) is 38.0 Å². The van der Waals surface area contributed by atoms with Gasteiger partial charge in [-0.15, -0.1) is 0 Å². The number of esters is 1. The van der Waals surface area contributed by atoms with Crippen LogP contribution in [0.15, 0.2) is 0 Å². The fourth-order valence-corrected chi connectivity index (χ4v) is 8.81. The van der Waals surface area contributed by atoms with Crippen molar-refractivity contribution in [2.45, 2.75) is 97.2 Å². The van der Waals surface area contributed by atoms with E-state index in [4.69, 9.17) is 4.74 Å². The summed E-state index contributed by atoms with van der Waals surface area (Å²) in [5, 5.41) is 21.8. The monoisotopic (exact) mass is 406 g/mol. The zero-order valence-electron chi connectivity index (χ0n) is 18.9. The van der Waals surface area contributed by atoms with Crippen LogP contribution in [-0.2, 0) is 9.53 Å². The van der Waals surface area contributed by atoms with Crippen LogP contribution < -0.4 is 0 Å². The minimum absolute atomic E-state index is 0.0198. The molecule has 0 aliphatic heterocycles. The van der Waals surface area contributed by atoms with Gasteiger partial charge in [0.15, 0.2) is 0 Å². The topological polar surface area (TPSA) is 66.8 Å². The van der Waals surface area contributed by atoms with E-state index in [9.17, 15) is 15.0 Å². The second-order valence-corrected chi connectivity index (χ2v) is 11.5. The predicted octanol–water partition coefficient (Wildman–Crippen LogP) is 4.57. The van der Waals surface area contributed by atoms with Gasteiger partial charge in [-0.05, 0) is 104 Å². The fraction of sp³-hybridized carbons (Fsp3) is 0.960. The highest BCUT2D eigenvalue weighted by atomic mass is 16.5. The molecule has 4 unspecified atom stereocenters. The van der Waals surface area contributed by atoms with Gasteiger partial charge in [-0.25, -0.2) is 0 Å². The lowest BCUT2D eigenvalue weighted by molar-refractivity contribution is -0.175. The van der Waals surface area contributed by atoms with Gasteiger partial charge in [0, 0.05) is 6.42 Å². The van der Waals surface area contributed by atoms with Crippen LogP contribution in [0.2, 0.25) is 0 Å². The van der Waals surface area contributed by atoms with Gasteiger partial charge >= 0.3 is 5.97 Å². The first-order chi connectivity index (χ1) is 13.7. The number of carbonyl (C=O) groups is 1. The van der Waals surface area contributed by atoms with E-state index in [1.165, 1.54) is 32.8 Å². The third-order valence-electron chi connectivity index (χ3n) is 10.5. The van der Waals surface area contributed by atoms with Crippen LogP contribution in [-0.4, -0.2) is 35.5 Å². The highest BCUT2D eigenvalue weighted by molar-refractivity contribution is 5.69. The molecule has 4 heteroatoms. The van der Waals surface area contributed by atoms with Crippen LogP contribution in [0.3, 0.4) is 0 Å². The Bertz CT molecular complexity index is 620. The van der Waals surface area contributed by atoms with E-state index in [2.05, 4.69) is 20.8 Å². The van der Waals surface area contributed by atoms with Gasteiger partial charge in [0.2, 0.25) is 0 Å². The van der Waals surface area contributed by atoms with Crippen molar-refractivity contribution in [3.8, 4) is 0 Å². The molecule has 0 radical (unpaired) electrons. The van der Waals surface area contributed by atoms with E-state index < -0.39 is 0 Å². The fourth-order valence-electron chi connectivity index (χ4n) is 8.81. The van der Waals surface area contributed by atoms with Gasteiger partial charge in [0.1, 0.15) is 0 Å². The minimum atomic E-state index is -0.246. The maximum Gasteiger partial charge on any atom is 0.305 e. The number of fused-ring (bicyclic) bond motifs is 5. The number of rotatable bonds is 4. The molecule has 0 aromatic rings. The zero-order chi connectivity index (χ0) is 21.0. The summed E-state index contributed by atoms with van der Waals surface area (Å²) in [7, 11) is 1.46. The Morgan fingerprint density at radius 1 is 1.07 bits per heavy atom. The van der Waals surface area contributed by atoms with E-state index in [1.54, 1.807) is 0 Å². The van der Waals surface area contributed by atoms with Crippen molar-refractivity contribution in [3.63, 3.8) is 0 Å². The van der Waals surface area contributed by atoms with E-state index in [0.29, 0.717) is 41.4 Å². The summed E-state index contributed by atoms with van der Waals surface area (Å²) in [6, 6.07) is 0. The molecule has 4 saturated carbocycles. The second-order valence-electron chi connectivity index (χ2n) is 11.5. The van der Waals surface area contributed by atoms with Gasteiger partial charge < -0.3 is 14.9 Å². The maximum absolute atomic E-state index is 11.6. The standard InChI is InChI=1S/C25H42O4/c1-15(5-10-23(28)29-4)19-8-9-20-18-7-6-16-13-17(26)11-12-24(16,2)21(18)14-22(27)25(19,20)3/h15-22,26-27H,5-14H2,1-4H3/t15-,16-,17-,18?,19?,20?,21?,22-,24+,25-/m1/s1. The van der Waals surface area contributed by atoms with Crippen molar-refractivity contribution < 1.29 is 19.7 Å². The molecule has 4 fully saturated rings. The molecular weight excluding hydrogens is 364 g/mol. The van der Waals surface area contributed by atoms with Crippen molar-refractivity contribution >= 4 is 5.97 Å². The molecule has 166 valence electrons. The Kier molecular flexibility index (Phi) is 5.83. The largest absolute Gasteiger partial charge is 0.469 e. The van der Waals surface area contributed by atoms with Crippen LogP contribution >= 0.6 is 0 Å². The highest BCUT2D eigenvalue weighted by Gasteiger charge is 2.63. The number of ether oxygens (including phenoxy) is 1. The van der Waals surface area contributed by atoms with Crippen LogP contribution in [0.25, 0.3) is 0 Å². The van der Waals surface area contributed by atoms with Crippen molar-refractivity contribution in [2.24, 2.45) is 46.3 Å². The molecule has 0 amide bonds. The molecule has 4 nitrogen and oxygen atoms in total. The van der Waals surface area contributed by atoms with E-state index in [1.807, 2.05) is 0 Å². The number of aliphatic hydroxyl groups is 2. The quantitative estimate of drug-likeness (QED) is 0.671. The molecule has 10 atom stereocenters. The summed E-state index contributed by atoms with van der Waals surface area (Å²) in [5.74, 6) is 3.36. The normalized spacial score (nSPS) is 50.2. The lowest BCUT2D eigenvalue weighted by Crippen LogP contribution is -2.58. The summed E-state index contributed by atoms with van der Waals surface area (Å²) >= 11 is 0. The Hall–Kier alpha value is -0.610. The average molecular weight is 407 g/mol. The third-order valence-corrected chi connectivity index (χ3v) is 10.5. The predicted molar refractivity (Wildman–Crippen MR) is 113 cm³/mol. The zero-order valence-corrected chi connectivity index (χ0v) is 18.9. The molecule has 29 heavy (non-hydrogen) atoms. The molecule has 0 heterocycles. The molecule has 4 rings (SSSR count). The smallest absolute Gasteiger partial charge is 0.305 e. The summed E-state index contributed by atoms with van der Waals surface area (Å²) in [6.07, 6.45) is 9.86. The van der Waals surface area contributed by atoms with Gasteiger partial charge in [-0.1, -0.05) is 20.8 Å². The van der Waals surface area contributed by atoms with Gasteiger partial charge in [-0.3, -0.25) is 4.79 Å². The first-order valence-electron chi connectivity index (χ1n) is 12.1. The Labute approximate surface area is 176 Å². The SMILES string of the molecule is COC(=O)CC[C@@H](C)C1CCC2C3CC[C@@H]4C[C@H](O)CC[C@]4(C)C3C[C@@H](O)[C@@]21C. The van der Waals surface area contributed by atoms with Crippen molar-refractivity contribution in [3.05, 3.63) is 0 Å². The summed E-state index contributed by atoms with van der Waals surface area (Å²) in [4.78, 5) is 11.6. The number of hydrogen-bond donors (Lipinski definition) is 2. The highest BCUT2D eigenvalue weighted by Crippen LogP contribution is 2.68. The number of methoxy groups -OCH3 is 1. The molecule has 0 saturated heterocycles. The summed E-state index contributed by atoms with van der Waals surface area (Å²) in [5.41, 5.74) is 0.271. The maximum atomic E-state index is 11.6. The Balaban J connectivity index is 1.53. The summed E-state index contributed by atoms with van der Waals surface area (Å²) < 4.78 is 4.85. The average Bonchev–Trinajstić information content (AvgIpc) is 3.06. The minimum Gasteiger partial charge on any atom is -0.469 e. The van der Waals surface area contributed by atoms with Crippen molar-refractivity contribution in [1.29, 1.82) is 0 Å². The van der Waals surface area contributed by atoms with Gasteiger partial charge in [-0.2, -0.15) is 0 Å². The first kappa shape index (κ1) is 21.6. The van der Waals surface area contributed by atoms with E-state index in [-0.39, 0.29) is 23.6 Å². The molecule has 0 spiro atoms. The molecule has 0 aromatic carbocycles. The molecule has 0 aromatic heterocycles. The molecule has 2 N–H and O–H groups in total. The number of hydrogen-bond acceptors (Lipinski definition) is 4. The van der Waals surface area contributed by atoms with Crippen LogP contribution in [0.5, 0.6) is 0 Å². The first-order valence-corrected chi connectivity index (χ1v) is 12.1. The summed E-state index contributed by atoms with van der Waals surface area (Å²) in [6.45, 7) is 7.12. The Morgan fingerprint density at radius 3 is 2.55 bits per heavy atom. The molecule has 4 aliphatic rings. The molecule has 4 aliphatic carbocycles. The number of aliphatic hydroxyl groups excluding tert-OH is 2. The number of carbonyl (C=O) groups excluding carboxylic acids is 1. The second kappa shape index (κ2) is 7.82. The Morgan fingerprint density at radius 2 is 1.83 bits per heavy atom. The van der Waals surface area contributed by atoms with Crippen LogP contribution in [0, 0.1) is 46.3 Å².